The molecule has 0 fully saturated rings. The fourth-order valence-electron chi connectivity index (χ4n) is 2.87. The Labute approximate surface area is 117 Å². The second kappa shape index (κ2) is 5.53. The molecule has 0 aliphatic heterocycles. The van der Waals surface area contributed by atoms with Crippen molar-refractivity contribution in [2.45, 2.75) is 38.5 Å². The molecule has 1 aromatic carbocycles. The average Bonchev–Trinajstić information content (AvgIpc) is 2.92. The normalized spacial score (nSPS) is 13.4. The number of aryl methyl sites for hydroxylation is 2. The van der Waals surface area contributed by atoms with Gasteiger partial charge in [0.1, 0.15) is 11.5 Å². The van der Waals surface area contributed by atoms with E-state index in [9.17, 15) is 9.90 Å². The number of hydrogen-bond acceptors (Lipinski definition) is 3. The van der Waals surface area contributed by atoms with Crippen LogP contribution in [0.5, 0.6) is 5.75 Å². The standard InChI is InChI=1S/C17H18O3/c18-16-13-9-5-11-15(13)20-17(19)14(16)10-4-8-12-6-2-1-3-7-12/h1-3,6-7,18H,4-5,8-11H2. The Balaban J connectivity index is 1.74. The number of hydrogen-bond donors (Lipinski definition) is 1. The minimum Gasteiger partial charge on any atom is -0.507 e. The van der Waals surface area contributed by atoms with Gasteiger partial charge in [0, 0.05) is 12.0 Å². The highest BCUT2D eigenvalue weighted by molar-refractivity contribution is 5.42. The zero-order valence-electron chi connectivity index (χ0n) is 11.4. The second-order valence-electron chi connectivity index (χ2n) is 5.31. The average molecular weight is 270 g/mol. The van der Waals surface area contributed by atoms with Gasteiger partial charge in [0.2, 0.25) is 0 Å². The summed E-state index contributed by atoms with van der Waals surface area (Å²) in [4.78, 5) is 11.9. The molecule has 0 unspecified atom stereocenters. The Morgan fingerprint density at radius 3 is 2.70 bits per heavy atom. The minimum absolute atomic E-state index is 0.182. The lowest BCUT2D eigenvalue weighted by molar-refractivity contribution is 0.413. The van der Waals surface area contributed by atoms with Crippen LogP contribution in [0.1, 0.15) is 35.3 Å². The Morgan fingerprint density at radius 2 is 1.90 bits per heavy atom. The topological polar surface area (TPSA) is 50.4 Å². The van der Waals surface area contributed by atoms with Gasteiger partial charge < -0.3 is 9.52 Å². The van der Waals surface area contributed by atoms with Crippen LogP contribution in [0.3, 0.4) is 0 Å². The zero-order chi connectivity index (χ0) is 13.9. The largest absolute Gasteiger partial charge is 0.507 e. The molecule has 0 amide bonds. The third-order valence-corrected chi connectivity index (χ3v) is 3.94. The van der Waals surface area contributed by atoms with E-state index in [1.54, 1.807) is 0 Å². The Morgan fingerprint density at radius 1 is 1.10 bits per heavy atom. The van der Waals surface area contributed by atoms with Crippen LogP contribution in [0.15, 0.2) is 39.5 Å². The highest BCUT2D eigenvalue weighted by atomic mass is 16.4. The van der Waals surface area contributed by atoms with Crippen molar-refractivity contribution in [1.29, 1.82) is 0 Å². The molecule has 1 aromatic heterocycles. The molecule has 0 spiro atoms. The molecule has 3 rings (SSSR count). The molecule has 1 N–H and O–H groups in total. The van der Waals surface area contributed by atoms with Crippen molar-refractivity contribution in [3.05, 3.63) is 63.2 Å². The summed E-state index contributed by atoms with van der Waals surface area (Å²) < 4.78 is 5.32. The van der Waals surface area contributed by atoms with Crippen LogP contribution in [0.4, 0.5) is 0 Å². The highest BCUT2D eigenvalue weighted by Gasteiger charge is 2.22. The van der Waals surface area contributed by atoms with Gasteiger partial charge in [-0.05, 0) is 37.7 Å². The number of fused-ring (bicyclic) bond motifs is 1. The summed E-state index contributed by atoms with van der Waals surface area (Å²) in [6.45, 7) is 0. The molecular formula is C17H18O3. The maximum Gasteiger partial charge on any atom is 0.342 e. The van der Waals surface area contributed by atoms with E-state index in [-0.39, 0.29) is 11.4 Å². The lowest BCUT2D eigenvalue weighted by Crippen LogP contribution is -2.10. The van der Waals surface area contributed by atoms with E-state index in [4.69, 9.17) is 4.42 Å². The molecule has 0 radical (unpaired) electrons. The van der Waals surface area contributed by atoms with Crippen molar-refractivity contribution in [2.75, 3.05) is 0 Å². The first-order chi connectivity index (χ1) is 9.75. The monoisotopic (exact) mass is 270 g/mol. The molecule has 0 atom stereocenters. The maximum absolute atomic E-state index is 11.9. The van der Waals surface area contributed by atoms with Gasteiger partial charge in [0.15, 0.2) is 0 Å². The van der Waals surface area contributed by atoms with Gasteiger partial charge in [-0.3, -0.25) is 0 Å². The van der Waals surface area contributed by atoms with Crippen LogP contribution in [-0.4, -0.2) is 5.11 Å². The summed E-state index contributed by atoms with van der Waals surface area (Å²) in [6, 6.07) is 10.2. The van der Waals surface area contributed by atoms with Crippen molar-refractivity contribution in [3.8, 4) is 5.75 Å². The summed E-state index contributed by atoms with van der Waals surface area (Å²) in [6.07, 6.45) is 4.84. The maximum atomic E-state index is 11.9. The summed E-state index contributed by atoms with van der Waals surface area (Å²) in [7, 11) is 0. The molecule has 3 nitrogen and oxygen atoms in total. The number of rotatable bonds is 4. The fourth-order valence-corrected chi connectivity index (χ4v) is 2.87. The van der Waals surface area contributed by atoms with Gasteiger partial charge in [-0.1, -0.05) is 30.3 Å². The van der Waals surface area contributed by atoms with E-state index in [0.29, 0.717) is 17.7 Å². The van der Waals surface area contributed by atoms with Crippen LogP contribution in [0.25, 0.3) is 0 Å². The van der Waals surface area contributed by atoms with Gasteiger partial charge >= 0.3 is 5.63 Å². The number of benzene rings is 1. The molecule has 0 bridgehead atoms. The molecule has 3 heteroatoms. The van der Waals surface area contributed by atoms with Crippen LogP contribution in [0, 0.1) is 0 Å². The van der Waals surface area contributed by atoms with Crippen molar-refractivity contribution >= 4 is 0 Å². The first-order valence-corrected chi connectivity index (χ1v) is 7.16. The van der Waals surface area contributed by atoms with Crippen LogP contribution in [0.2, 0.25) is 0 Å². The molecule has 2 aromatic rings. The quantitative estimate of drug-likeness (QED) is 0.929. The Hall–Kier alpha value is -2.03. The lowest BCUT2D eigenvalue weighted by Gasteiger charge is -2.07. The van der Waals surface area contributed by atoms with Gasteiger partial charge in [-0.25, -0.2) is 4.79 Å². The summed E-state index contributed by atoms with van der Waals surface area (Å²) in [5, 5.41) is 10.2. The molecular weight excluding hydrogens is 252 g/mol. The predicted octanol–water partition coefficient (Wildman–Crippen LogP) is 3.01. The van der Waals surface area contributed by atoms with Crippen molar-refractivity contribution in [3.63, 3.8) is 0 Å². The lowest BCUT2D eigenvalue weighted by atomic mass is 10.0. The van der Waals surface area contributed by atoms with Gasteiger partial charge in [0.05, 0.1) is 5.56 Å². The van der Waals surface area contributed by atoms with E-state index in [1.807, 2.05) is 18.2 Å². The number of aromatic hydroxyl groups is 1. The van der Waals surface area contributed by atoms with Gasteiger partial charge in [-0.15, -0.1) is 0 Å². The summed E-state index contributed by atoms with van der Waals surface area (Å²) in [5.74, 6) is 0.862. The Bertz CT molecular complexity index is 656. The van der Waals surface area contributed by atoms with Crippen molar-refractivity contribution < 1.29 is 9.52 Å². The first kappa shape index (κ1) is 13.0. The van der Waals surface area contributed by atoms with Crippen LogP contribution < -0.4 is 5.63 Å². The van der Waals surface area contributed by atoms with E-state index < -0.39 is 0 Å². The molecule has 104 valence electrons. The molecule has 1 aliphatic carbocycles. The Kier molecular flexibility index (Phi) is 3.59. The van der Waals surface area contributed by atoms with Gasteiger partial charge in [0.25, 0.3) is 0 Å². The van der Waals surface area contributed by atoms with E-state index in [0.717, 1.165) is 37.7 Å². The fraction of sp³-hybridized carbons (Fsp3) is 0.353. The van der Waals surface area contributed by atoms with E-state index >= 15 is 0 Å². The van der Waals surface area contributed by atoms with Crippen molar-refractivity contribution in [2.24, 2.45) is 0 Å². The summed E-state index contributed by atoms with van der Waals surface area (Å²) >= 11 is 0. The third-order valence-electron chi connectivity index (χ3n) is 3.94. The summed E-state index contributed by atoms with van der Waals surface area (Å²) in [5.41, 5.74) is 2.18. The van der Waals surface area contributed by atoms with E-state index in [2.05, 4.69) is 12.1 Å². The third kappa shape index (κ3) is 2.48. The molecule has 0 saturated carbocycles. The predicted molar refractivity (Wildman–Crippen MR) is 77.1 cm³/mol. The molecule has 0 saturated heterocycles. The van der Waals surface area contributed by atoms with Gasteiger partial charge in [-0.2, -0.15) is 0 Å². The SMILES string of the molecule is O=c1oc2c(c(O)c1CCCc1ccccc1)CCC2. The van der Waals surface area contributed by atoms with E-state index in [1.165, 1.54) is 5.56 Å². The molecule has 1 aliphatic rings. The first-order valence-electron chi connectivity index (χ1n) is 7.16. The second-order valence-corrected chi connectivity index (χ2v) is 5.31. The van der Waals surface area contributed by atoms with Crippen LogP contribution in [-0.2, 0) is 25.7 Å². The minimum atomic E-state index is -0.365. The molecule has 1 heterocycles. The molecule has 20 heavy (non-hydrogen) atoms. The highest BCUT2D eigenvalue weighted by Crippen LogP contribution is 2.31. The van der Waals surface area contributed by atoms with Crippen LogP contribution >= 0.6 is 0 Å². The smallest absolute Gasteiger partial charge is 0.342 e. The zero-order valence-corrected chi connectivity index (χ0v) is 11.4. The van der Waals surface area contributed by atoms with Crippen molar-refractivity contribution in [1.82, 2.24) is 0 Å².